The van der Waals surface area contributed by atoms with Crippen LogP contribution in [0.4, 0.5) is 5.69 Å². The van der Waals surface area contributed by atoms with E-state index in [4.69, 9.17) is 5.73 Å². The molecule has 8 bridgehead atoms. The van der Waals surface area contributed by atoms with Gasteiger partial charge in [-0.1, -0.05) is 66.7 Å². The topological polar surface area (TPSA) is 30.9 Å². The molecule has 56 heavy (non-hydrogen) atoms. The summed E-state index contributed by atoms with van der Waals surface area (Å²) in [6.07, 6.45) is 17.3. The van der Waals surface area contributed by atoms with Crippen LogP contribution < -0.4 is 5.73 Å². The monoisotopic (exact) mass is 728 g/mol. The molecule has 8 saturated carbocycles. The summed E-state index contributed by atoms with van der Waals surface area (Å²) >= 11 is 0. The van der Waals surface area contributed by atoms with Crippen molar-refractivity contribution in [1.82, 2.24) is 4.57 Å². The van der Waals surface area contributed by atoms with Gasteiger partial charge < -0.3 is 10.3 Å². The number of rotatable bonds is 5. The van der Waals surface area contributed by atoms with Crippen LogP contribution in [0.5, 0.6) is 0 Å². The fourth-order valence-electron chi connectivity index (χ4n) is 15.1. The molecule has 0 amide bonds. The van der Waals surface area contributed by atoms with Crippen LogP contribution in [0.1, 0.15) is 88.2 Å². The molecule has 1 heterocycles. The second kappa shape index (κ2) is 11.6. The molecular weight excluding hydrogens is 677 g/mol. The Kier molecular flexibility index (Phi) is 6.70. The number of nitrogens with zero attached hydrogens (tertiary/aromatic N) is 1. The Morgan fingerprint density at radius 2 is 0.893 bits per heavy atom. The van der Waals surface area contributed by atoms with Crippen molar-refractivity contribution in [2.24, 2.45) is 35.5 Å². The highest BCUT2D eigenvalue weighted by atomic mass is 15.0. The van der Waals surface area contributed by atoms with Crippen LogP contribution in [-0.4, -0.2) is 4.57 Å². The number of nitrogen functional groups attached to an aromatic ring is 1. The lowest BCUT2D eigenvalue weighted by atomic mass is 9.48. The molecule has 0 unspecified atom stereocenters. The molecule has 15 rings (SSSR count). The minimum absolute atomic E-state index is 0.364. The van der Waals surface area contributed by atoms with Gasteiger partial charge in [-0.2, -0.15) is 0 Å². The van der Waals surface area contributed by atoms with E-state index in [1.807, 2.05) is 0 Å². The summed E-state index contributed by atoms with van der Waals surface area (Å²) in [7, 11) is 0. The Morgan fingerprint density at radius 1 is 0.429 bits per heavy atom. The van der Waals surface area contributed by atoms with Crippen molar-refractivity contribution < 1.29 is 0 Å². The second-order valence-corrected chi connectivity index (χ2v) is 20.1. The van der Waals surface area contributed by atoms with Crippen LogP contribution in [0, 0.1) is 35.5 Å². The average Bonchev–Trinajstić information content (AvgIpc) is 3.53. The summed E-state index contributed by atoms with van der Waals surface area (Å²) in [6, 6.07) is 46.7. The molecule has 8 aliphatic carbocycles. The maximum atomic E-state index is 6.93. The van der Waals surface area contributed by atoms with Gasteiger partial charge in [-0.15, -0.1) is 0 Å². The van der Waals surface area contributed by atoms with Crippen molar-refractivity contribution >= 4 is 38.3 Å². The first-order valence-electron chi connectivity index (χ1n) is 22.0. The van der Waals surface area contributed by atoms with E-state index in [9.17, 15) is 0 Å². The van der Waals surface area contributed by atoms with Gasteiger partial charge in [0.05, 0.1) is 11.0 Å². The Balaban J connectivity index is 1.05. The maximum absolute atomic E-state index is 6.93. The Hall–Kier alpha value is -4.82. The normalized spacial score (nSPS) is 31.3. The van der Waals surface area contributed by atoms with Gasteiger partial charge >= 0.3 is 0 Å². The van der Waals surface area contributed by atoms with E-state index in [2.05, 4.69) is 126 Å². The quantitative estimate of drug-likeness (QED) is 0.176. The lowest BCUT2D eigenvalue weighted by Crippen LogP contribution is -2.48. The lowest BCUT2D eigenvalue weighted by molar-refractivity contribution is -0.00528. The number of hydrogen-bond donors (Lipinski definition) is 1. The van der Waals surface area contributed by atoms with Crippen LogP contribution in [-0.2, 0) is 10.8 Å². The third-order valence-corrected chi connectivity index (χ3v) is 16.6. The van der Waals surface area contributed by atoms with Crippen LogP contribution in [0.25, 0.3) is 60.5 Å². The fraction of sp³-hybridized carbons (Fsp3) is 0.370. The molecule has 2 heteroatoms. The second-order valence-electron chi connectivity index (χ2n) is 20.1. The van der Waals surface area contributed by atoms with Crippen molar-refractivity contribution in [3.8, 4) is 27.9 Å². The molecule has 6 aromatic carbocycles. The summed E-state index contributed by atoms with van der Waals surface area (Å²) < 4.78 is 2.60. The van der Waals surface area contributed by atoms with Crippen LogP contribution >= 0.6 is 0 Å². The number of aromatic nitrogens is 1. The molecular formula is C54H52N2. The van der Waals surface area contributed by atoms with Gasteiger partial charge in [-0.25, -0.2) is 0 Å². The van der Waals surface area contributed by atoms with E-state index in [-0.39, 0.29) is 0 Å². The average molecular weight is 729 g/mol. The predicted octanol–water partition coefficient (Wildman–Crippen LogP) is 13.8. The fourth-order valence-corrected chi connectivity index (χ4v) is 15.1. The summed E-state index contributed by atoms with van der Waals surface area (Å²) in [5.41, 5.74) is 20.3. The van der Waals surface area contributed by atoms with E-state index >= 15 is 0 Å². The zero-order valence-corrected chi connectivity index (χ0v) is 32.5. The molecule has 8 fully saturated rings. The molecule has 0 aliphatic heterocycles. The molecule has 8 aliphatic rings. The largest absolute Gasteiger partial charge is 0.398 e. The third kappa shape index (κ3) is 4.80. The van der Waals surface area contributed by atoms with Gasteiger partial charge in [0.2, 0.25) is 0 Å². The summed E-state index contributed by atoms with van der Waals surface area (Å²) in [6.45, 7) is 0. The van der Waals surface area contributed by atoms with E-state index in [1.54, 1.807) is 11.1 Å². The van der Waals surface area contributed by atoms with Crippen LogP contribution in [0.2, 0.25) is 0 Å². The third-order valence-electron chi connectivity index (χ3n) is 16.6. The molecule has 0 atom stereocenters. The first kappa shape index (κ1) is 32.3. The number of nitrogens with two attached hydrogens (primary N) is 1. The van der Waals surface area contributed by atoms with E-state index < -0.39 is 0 Å². The zero-order valence-electron chi connectivity index (χ0n) is 32.5. The SMILES string of the molecule is Nc1cc2ccccc2cc1-c1cc(-c2ccccc2)cc(-n2c3ccc(C45CC6CC(CC(C6)C4)C5)cc3c3cc(C45CC6CC(CC(C6)C4)C5)ccc32)c1. The molecule has 278 valence electrons. The highest BCUT2D eigenvalue weighted by Crippen LogP contribution is 2.62. The van der Waals surface area contributed by atoms with Gasteiger partial charge in [-0.3, -0.25) is 0 Å². The summed E-state index contributed by atoms with van der Waals surface area (Å²) in [4.78, 5) is 0. The van der Waals surface area contributed by atoms with Gasteiger partial charge in [-0.05, 0) is 217 Å². The molecule has 0 radical (unpaired) electrons. The first-order valence-corrected chi connectivity index (χ1v) is 22.0. The van der Waals surface area contributed by atoms with E-state index in [0.717, 1.165) is 52.3 Å². The van der Waals surface area contributed by atoms with Crippen molar-refractivity contribution in [3.63, 3.8) is 0 Å². The molecule has 7 aromatic rings. The summed E-state index contributed by atoms with van der Waals surface area (Å²) in [5.74, 6) is 5.60. The van der Waals surface area contributed by atoms with E-state index in [1.165, 1.54) is 126 Å². The molecule has 0 saturated heterocycles. The number of fused-ring (bicyclic) bond motifs is 4. The van der Waals surface area contributed by atoms with Gasteiger partial charge in [0, 0.05) is 27.7 Å². The smallest absolute Gasteiger partial charge is 0.0541 e. The molecule has 1 aromatic heterocycles. The minimum atomic E-state index is 0.364. The Labute approximate surface area is 331 Å². The lowest BCUT2D eigenvalue weighted by Gasteiger charge is -2.57. The van der Waals surface area contributed by atoms with Gasteiger partial charge in [0.25, 0.3) is 0 Å². The summed E-state index contributed by atoms with van der Waals surface area (Å²) in [5, 5.41) is 5.31. The predicted molar refractivity (Wildman–Crippen MR) is 233 cm³/mol. The maximum Gasteiger partial charge on any atom is 0.0541 e. The van der Waals surface area contributed by atoms with Crippen molar-refractivity contribution in [2.45, 2.75) is 87.9 Å². The van der Waals surface area contributed by atoms with Gasteiger partial charge in [0.1, 0.15) is 0 Å². The standard InChI is InChI=1S/C54H52N2/c55-50-24-41-9-5-4-8-40(41)23-47(50)43-20-42(39-6-2-1-3-7-39)21-46(22-43)56-51-12-10-44(53-27-33-14-34(28-53)16-35(15-33)29-53)25-48(51)49-26-45(11-13-52(49)56)54-30-36-17-37(31-54)19-38(18-36)32-54/h1-13,20-26,33-38H,14-19,27-32,55H2. The number of benzene rings is 6. The minimum Gasteiger partial charge on any atom is -0.398 e. The molecule has 0 spiro atoms. The molecule has 2 N–H and O–H groups in total. The zero-order chi connectivity index (χ0) is 36.8. The highest BCUT2D eigenvalue weighted by molar-refractivity contribution is 6.10. The van der Waals surface area contributed by atoms with Gasteiger partial charge in [0.15, 0.2) is 0 Å². The Morgan fingerprint density at radius 3 is 1.41 bits per heavy atom. The van der Waals surface area contributed by atoms with Crippen LogP contribution in [0.3, 0.4) is 0 Å². The number of hydrogen-bond acceptors (Lipinski definition) is 1. The molecule has 2 nitrogen and oxygen atoms in total. The van der Waals surface area contributed by atoms with Crippen LogP contribution in [0.15, 0.2) is 121 Å². The van der Waals surface area contributed by atoms with Crippen molar-refractivity contribution in [2.75, 3.05) is 5.73 Å². The van der Waals surface area contributed by atoms with Crippen molar-refractivity contribution in [3.05, 3.63) is 132 Å². The van der Waals surface area contributed by atoms with E-state index in [0.29, 0.717) is 10.8 Å². The Bertz CT molecular complexity index is 2560. The number of anilines is 1. The van der Waals surface area contributed by atoms with Crippen molar-refractivity contribution in [1.29, 1.82) is 0 Å². The first-order chi connectivity index (χ1) is 27.4. The highest BCUT2D eigenvalue weighted by Gasteiger charge is 2.53.